The number of carbonyl (C=O) groups excluding carboxylic acids is 2. The number of fused-ring (bicyclic) bond motifs is 2. The minimum absolute atomic E-state index is 0.175. The summed E-state index contributed by atoms with van der Waals surface area (Å²) < 4.78 is 24.3. The van der Waals surface area contributed by atoms with Crippen molar-refractivity contribution in [1.29, 1.82) is 0 Å². The zero-order valence-electron chi connectivity index (χ0n) is 24.0. The van der Waals surface area contributed by atoms with Crippen LogP contribution in [0.2, 0.25) is 0 Å². The van der Waals surface area contributed by atoms with Crippen molar-refractivity contribution in [3.05, 3.63) is 101 Å². The zero-order chi connectivity index (χ0) is 30.7. The molecule has 1 aliphatic rings. The Balaban J connectivity index is 1.72. The van der Waals surface area contributed by atoms with Gasteiger partial charge in [0.2, 0.25) is 0 Å². The Kier molecular flexibility index (Phi) is 9.12. The van der Waals surface area contributed by atoms with E-state index < -0.39 is 18.0 Å². The zero-order valence-corrected chi connectivity index (χ0v) is 26.4. The number of hydrogen-bond donors (Lipinski definition) is 0. The van der Waals surface area contributed by atoms with E-state index in [0.717, 1.165) is 10.8 Å². The van der Waals surface area contributed by atoms with Crippen LogP contribution in [-0.2, 0) is 19.1 Å². The fourth-order valence-electron chi connectivity index (χ4n) is 4.98. The van der Waals surface area contributed by atoms with E-state index in [9.17, 15) is 14.4 Å². The molecule has 0 saturated heterocycles. The average Bonchev–Trinajstić information content (AvgIpc) is 3.30. The molecule has 4 aromatic rings. The fourth-order valence-corrected chi connectivity index (χ4v) is 6.57. The molecular weight excluding hydrogens is 636 g/mol. The second-order valence-corrected chi connectivity index (χ2v) is 11.4. The van der Waals surface area contributed by atoms with Gasteiger partial charge < -0.3 is 18.9 Å². The second-order valence-electron chi connectivity index (χ2n) is 9.49. The van der Waals surface area contributed by atoms with E-state index in [0.29, 0.717) is 42.1 Å². The third kappa shape index (κ3) is 6.00. The van der Waals surface area contributed by atoms with Gasteiger partial charge in [-0.15, -0.1) is 0 Å². The Morgan fingerprint density at radius 3 is 2.51 bits per heavy atom. The first-order valence-electron chi connectivity index (χ1n) is 13.6. The Morgan fingerprint density at radius 2 is 1.79 bits per heavy atom. The van der Waals surface area contributed by atoms with Crippen LogP contribution in [0.3, 0.4) is 0 Å². The lowest BCUT2D eigenvalue weighted by Gasteiger charge is -2.25. The van der Waals surface area contributed by atoms with Crippen LogP contribution in [0, 0.1) is 0 Å². The first-order chi connectivity index (χ1) is 20.8. The molecule has 0 aliphatic carbocycles. The molecule has 5 rings (SSSR count). The standard InChI is InChI=1S/C32H29BrN2O7S/c1-5-40-27(36)17-42-24-13-11-19-9-7-8-10-21(19)22(24)16-26-30(37)35-29(20-12-14-25(39-4)23(33)15-20)28(31(38)41-6-2)18(3)34-32(35)43-26/h7-16,29H,5-6,17H2,1-4H3/b26-16-/t29-/m1/s1. The first-order valence-corrected chi connectivity index (χ1v) is 15.2. The number of halogens is 1. The molecule has 0 spiro atoms. The number of methoxy groups -OCH3 is 1. The highest BCUT2D eigenvalue weighted by Crippen LogP contribution is 2.35. The summed E-state index contributed by atoms with van der Waals surface area (Å²) in [5.41, 5.74) is 1.73. The summed E-state index contributed by atoms with van der Waals surface area (Å²) in [5.74, 6) is 0.00439. The molecule has 1 aromatic heterocycles. The first kappa shape index (κ1) is 30.2. The number of esters is 2. The van der Waals surface area contributed by atoms with Crippen molar-refractivity contribution in [3.8, 4) is 11.5 Å². The van der Waals surface area contributed by atoms with Crippen molar-refractivity contribution in [2.45, 2.75) is 26.8 Å². The van der Waals surface area contributed by atoms with E-state index in [-0.39, 0.29) is 31.0 Å². The van der Waals surface area contributed by atoms with Crippen LogP contribution in [0.5, 0.6) is 11.5 Å². The molecule has 1 aliphatic heterocycles. The van der Waals surface area contributed by atoms with Crippen LogP contribution in [-0.4, -0.2) is 43.4 Å². The van der Waals surface area contributed by atoms with Crippen molar-refractivity contribution >= 4 is 56.1 Å². The maximum atomic E-state index is 14.2. The van der Waals surface area contributed by atoms with E-state index >= 15 is 0 Å². The van der Waals surface area contributed by atoms with Crippen LogP contribution in [0.4, 0.5) is 0 Å². The van der Waals surface area contributed by atoms with Gasteiger partial charge in [0.05, 0.1) is 46.6 Å². The molecule has 0 saturated carbocycles. The molecule has 2 heterocycles. The number of rotatable bonds is 9. The molecule has 11 heteroatoms. The van der Waals surface area contributed by atoms with Gasteiger partial charge in [0, 0.05) is 5.56 Å². The fraction of sp³-hybridized carbons (Fsp3) is 0.250. The normalized spacial score (nSPS) is 14.7. The Morgan fingerprint density at radius 1 is 1.05 bits per heavy atom. The monoisotopic (exact) mass is 664 g/mol. The lowest BCUT2D eigenvalue weighted by molar-refractivity contribution is -0.145. The van der Waals surface area contributed by atoms with Crippen molar-refractivity contribution in [2.24, 2.45) is 4.99 Å². The van der Waals surface area contributed by atoms with Gasteiger partial charge in [-0.25, -0.2) is 14.6 Å². The third-order valence-electron chi connectivity index (χ3n) is 6.87. The highest BCUT2D eigenvalue weighted by Gasteiger charge is 2.33. The lowest BCUT2D eigenvalue weighted by atomic mass is 9.96. The number of allylic oxidation sites excluding steroid dienone is 1. The van der Waals surface area contributed by atoms with Crippen molar-refractivity contribution in [2.75, 3.05) is 26.9 Å². The van der Waals surface area contributed by atoms with Crippen molar-refractivity contribution in [3.63, 3.8) is 0 Å². The summed E-state index contributed by atoms with van der Waals surface area (Å²) in [5, 5.41) is 1.78. The highest BCUT2D eigenvalue weighted by molar-refractivity contribution is 9.10. The van der Waals surface area contributed by atoms with Gasteiger partial charge in [0.1, 0.15) is 11.5 Å². The third-order valence-corrected chi connectivity index (χ3v) is 8.47. The maximum absolute atomic E-state index is 14.2. The second kappa shape index (κ2) is 13.0. The van der Waals surface area contributed by atoms with Crippen molar-refractivity contribution in [1.82, 2.24) is 4.57 Å². The van der Waals surface area contributed by atoms with Gasteiger partial charge in [0.15, 0.2) is 11.4 Å². The van der Waals surface area contributed by atoms with Crippen LogP contribution < -0.4 is 24.4 Å². The van der Waals surface area contributed by atoms with E-state index in [1.54, 1.807) is 46.1 Å². The number of carbonyl (C=O) groups is 2. The number of aromatic nitrogens is 1. The summed E-state index contributed by atoms with van der Waals surface area (Å²) in [4.78, 5) is 44.6. The smallest absolute Gasteiger partial charge is 0.344 e. The SMILES string of the molecule is CCOC(=O)COc1ccc2ccccc2c1/C=c1\sc2n(c1=O)[C@H](c1ccc(OC)c(Br)c1)C(C(=O)OCC)=C(C)N=2. The summed E-state index contributed by atoms with van der Waals surface area (Å²) >= 11 is 4.74. The predicted octanol–water partition coefficient (Wildman–Crippen LogP) is 4.66. The van der Waals surface area contributed by atoms with Crippen LogP contribution in [0.15, 0.2) is 80.1 Å². The van der Waals surface area contributed by atoms with Crippen LogP contribution in [0.1, 0.15) is 37.9 Å². The Bertz CT molecular complexity index is 1940. The number of nitrogens with zero attached hydrogens (tertiary/aromatic N) is 2. The molecule has 0 N–H and O–H groups in total. The topological polar surface area (TPSA) is 105 Å². The molecule has 1 atom stereocenters. The van der Waals surface area contributed by atoms with Gasteiger partial charge >= 0.3 is 11.9 Å². The Hall–Kier alpha value is -4.22. The van der Waals surface area contributed by atoms with E-state index in [1.807, 2.05) is 42.5 Å². The quantitative estimate of drug-likeness (QED) is 0.240. The minimum Gasteiger partial charge on any atom is -0.496 e. The number of hydrogen-bond acceptors (Lipinski definition) is 9. The van der Waals surface area contributed by atoms with Gasteiger partial charge in [0.25, 0.3) is 5.56 Å². The van der Waals surface area contributed by atoms with E-state index in [2.05, 4.69) is 20.9 Å². The molecule has 0 radical (unpaired) electrons. The van der Waals surface area contributed by atoms with Crippen LogP contribution >= 0.6 is 27.3 Å². The Labute approximate surface area is 259 Å². The molecule has 0 bridgehead atoms. The molecular formula is C32H29BrN2O7S. The van der Waals surface area contributed by atoms with Gasteiger partial charge in [-0.05, 0) is 77.3 Å². The predicted molar refractivity (Wildman–Crippen MR) is 167 cm³/mol. The largest absolute Gasteiger partial charge is 0.496 e. The van der Waals surface area contributed by atoms with E-state index in [1.165, 1.54) is 15.9 Å². The van der Waals surface area contributed by atoms with Crippen LogP contribution in [0.25, 0.3) is 16.8 Å². The maximum Gasteiger partial charge on any atom is 0.344 e. The molecule has 222 valence electrons. The van der Waals surface area contributed by atoms with Gasteiger partial charge in [-0.1, -0.05) is 47.7 Å². The number of ether oxygens (including phenoxy) is 4. The van der Waals surface area contributed by atoms with Gasteiger partial charge in [-0.3, -0.25) is 9.36 Å². The molecule has 43 heavy (non-hydrogen) atoms. The molecule has 9 nitrogen and oxygen atoms in total. The van der Waals surface area contributed by atoms with Gasteiger partial charge in [-0.2, -0.15) is 0 Å². The summed E-state index contributed by atoms with van der Waals surface area (Å²) in [6.45, 7) is 5.34. The minimum atomic E-state index is -0.785. The van der Waals surface area contributed by atoms with E-state index in [4.69, 9.17) is 18.9 Å². The molecule has 3 aromatic carbocycles. The average molecular weight is 666 g/mol. The number of thiazole rings is 1. The molecule has 0 amide bonds. The summed E-state index contributed by atoms with van der Waals surface area (Å²) in [6, 6.07) is 16.0. The number of benzene rings is 3. The summed E-state index contributed by atoms with van der Waals surface area (Å²) in [6.07, 6.45) is 1.75. The lowest BCUT2D eigenvalue weighted by Crippen LogP contribution is -2.40. The molecule has 0 fully saturated rings. The summed E-state index contributed by atoms with van der Waals surface area (Å²) in [7, 11) is 1.56. The highest BCUT2D eigenvalue weighted by atomic mass is 79.9. The van der Waals surface area contributed by atoms with Crippen molar-refractivity contribution < 1.29 is 28.5 Å². The molecule has 0 unspecified atom stereocenters.